The molecule has 0 aromatic carbocycles. The molecular weight excluding hydrogens is 232 g/mol. The van der Waals surface area contributed by atoms with Crippen molar-refractivity contribution in [1.29, 1.82) is 0 Å². The van der Waals surface area contributed by atoms with Crippen molar-refractivity contribution in [3.63, 3.8) is 0 Å². The molecule has 0 spiro atoms. The van der Waals surface area contributed by atoms with Gasteiger partial charge in [0.05, 0.1) is 0 Å². The molecule has 0 saturated carbocycles. The minimum atomic E-state index is -0.758. The second-order valence-corrected chi connectivity index (χ2v) is 5.39. The predicted molar refractivity (Wildman–Crippen MR) is 67.2 cm³/mol. The third-order valence-electron chi connectivity index (χ3n) is 3.94. The van der Waals surface area contributed by atoms with Crippen molar-refractivity contribution in [2.75, 3.05) is 32.7 Å². The van der Waals surface area contributed by atoms with Crippen LogP contribution in [0, 0.1) is 5.92 Å². The Morgan fingerprint density at radius 2 is 1.89 bits per heavy atom. The van der Waals surface area contributed by atoms with Crippen molar-refractivity contribution in [2.24, 2.45) is 5.92 Å². The number of aliphatic carboxylic acids is 1. The molecule has 2 rings (SSSR count). The highest BCUT2D eigenvalue weighted by Crippen LogP contribution is 2.20. The van der Waals surface area contributed by atoms with Gasteiger partial charge in [0, 0.05) is 32.5 Å². The Morgan fingerprint density at radius 1 is 1.17 bits per heavy atom. The molecule has 1 amide bonds. The van der Waals surface area contributed by atoms with Crippen molar-refractivity contribution < 1.29 is 14.7 Å². The zero-order valence-electron chi connectivity index (χ0n) is 10.8. The fourth-order valence-electron chi connectivity index (χ4n) is 2.89. The molecule has 5 nitrogen and oxygen atoms in total. The van der Waals surface area contributed by atoms with E-state index in [9.17, 15) is 9.59 Å². The van der Waals surface area contributed by atoms with Gasteiger partial charge in [0.15, 0.2) is 0 Å². The first-order valence-corrected chi connectivity index (χ1v) is 6.87. The van der Waals surface area contributed by atoms with Crippen LogP contribution in [0.15, 0.2) is 0 Å². The van der Waals surface area contributed by atoms with Gasteiger partial charge in [-0.05, 0) is 38.3 Å². The molecule has 18 heavy (non-hydrogen) atoms. The molecule has 0 radical (unpaired) electrons. The highest BCUT2D eigenvalue weighted by molar-refractivity contribution is 5.77. The van der Waals surface area contributed by atoms with Crippen LogP contribution in [0.3, 0.4) is 0 Å². The van der Waals surface area contributed by atoms with Gasteiger partial charge in [-0.3, -0.25) is 9.59 Å². The maximum Gasteiger partial charge on any atom is 0.303 e. The van der Waals surface area contributed by atoms with E-state index in [1.54, 1.807) is 0 Å². The molecule has 0 aromatic heterocycles. The van der Waals surface area contributed by atoms with Gasteiger partial charge in [-0.2, -0.15) is 0 Å². The molecule has 1 N–H and O–H groups in total. The molecule has 2 saturated heterocycles. The largest absolute Gasteiger partial charge is 0.481 e. The van der Waals surface area contributed by atoms with E-state index in [0.29, 0.717) is 13.0 Å². The number of likely N-dealkylation sites (tertiary alicyclic amines) is 2. The van der Waals surface area contributed by atoms with Gasteiger partial charge in [0.1, 0.15) is 0 Å². The van der Waals surface area contributed by atoms with Crippen molar-refractivity contribution in [1.82, 2.24) is 9.80 Å². The van der Waals surface area contributed by atoms with Crippen LogP contribution >= 0.6 is 0 Å². The third kappa shape index (κ3) is 3.70. The lowest BCUT2D eigenvalue weighted by atomic mass is 10.1. The van der Waals surface area contributed by atoms with E-state index in [1.165, 1.54) is 12.8 Å². The highest BCUT2D eigenvalue weighted by Gasteiger charge is 2.27. The Labute approximate surface area is 108 Å². The molecular formula is C13H22N2O3. The average Bonchev–Trinajstić information content (AvgIpc) is 2.95. The molecule has 2 fully saturated rings. The number of amides is 1. The summed E-state index contributed by atoms with van der Waals surface area (Å²) in [6, 6.07) is 0. The van der Waals surface area contributed by atoms with E-state index < -0.39 is 5.97 Å². The molecule has 0 aromatic rings. The van der Waals surface area contributed by atoms with Gasteiger partial charge in [0.2, 0.25) is 5.91 Å². The summed E-state index contributed by atoms with van der Waals surface area (Å²) in [4.78, 5) is 26.8. The predicted octanol–water partition coefficient (Wildman–Crippen LogP) is 0.795. The summed E-state index contributed by atoms with van der Waals surface area (Å²) in [5, 5.41) is 8.74. The minimum absolute atomic E-state index is 0.151. The standard InChI is InChI=1S/C13H22N2O3/c16-12(4-7-14-5-1-2-6-14)15-8-3-11(10-15)9-13(17)18/h11H,1-10H2,(H,17,18). The van der Waals surface area contributed by atoms with E-state index in [2.05, 4.69) is 4.90 Å². The molecule has 2 aliphatic heterocycles. The van der Waals surface area contributed by atoms with Crippen LogP contribution in [-0.2, 0) is 9.59 Å². The SMILES string of the molecule is O=C(O)CC1CCN(C(=O)CCN2CCCC2)C1. The smallest absolute Gasteiger partial charge is 0.303 e. The molecule has 0 bridgehead atoms. The van der Waals surface area contributed by atoms with Crippen LogP contribution in [0.4, 0.5) is 0 Å². The van der Waals surface area contributed by atoms with Gasteiger partial charge in [-0.25, -0.2) is 0 Å². The second kappa shape index (κ2) is 6.18. The van der Waals surface area contributed by atoms with Crippen molar-refractivity contribution in [3.05, 3.63) is 0 Å². The Hall–Kier alpha value is -1.10. The van der Waals surface area contributed by atoms with E-state index >= 15 is 0 Å². The summed E-state index contributed by atoms with van der Waals surface area (Å²) >= 11 is 0. The Bertz CT molecular complexity index is 313. The maximum absolute atomic E-state index is 12.0. The molecule has 102 valence electrons. The molecule has 1 atom stereocenters. The fourth-order valence-corrected chi connectivity index (χ4v) is 2.89. The highest BCUT2D eigenvalue weighted by atomic mass is 16.4. The molecule has 2 aliphatic rings. The summed E-state index contributed by atoms with van der Waals surface area (Å²) in [6.45, 7) is 4.46. The summed E-state index contributed by atoms with van der Waals surface area (Å²) in [5.74, 6) is -0.417. The van der Waals surface area contributed by atoms with E-state index in [0.717, 1.165) is 32.6 Å². The van der Waals surface area contributed by atoms with Crippen molar-refractivity contribution in [3.8, 4) is 0 Å². The summed E-state index contributed by atoms with van der Waals surface area (Å²) in [7, 11) is 0. The monoisotopic (exact) mass is 254 g/mol. The van der Waals surface area contributed by atoms with Crippen LogP contribution < -0.4 is 0 Å². The van der Waals surface area contributed by atoms with Crippen LogP contribution in [0.25, 0.3) is 0 Å². The molecule has 1 unspecified atom stereocenters. The fraction of sp³-hybridized carbons (Fsp3) is 0.846. The first kappa shape index (κ1) is 13.3. The van der Waals surface area contributed by atoms with Gasteiger partial charge >= 0.3 is 5.97 Å². The Balaban J connectivity index is 1.68. The zero-order chi connectivity index (χ0) is 13.0. The molecule has 0 aliphatic carbocycles. The van der Waals surface area contributed by atoms with E-state index in [1.807, 2.05) is 4.90 Å². The number of carboxylic acid groups (broad SMARTS) is 1. The van der Waals surface area contributed by atoms with Crippen molar-refractivity contribution in [2.45, 2.75) is 32.1 Å². The first-order valence-electron chi connectivity index (χ1n) is 6.87. The number of carbonyl (C=O) groups excluding carboxylic acids is 1. The minimum Gasteiger partial charge on any atom is -0.481 e. The summed E-state index contributed by atoms with van der Waals surface area (Å²) < 4.78 is 0. The summed E-state index contributed by atoms with van der Waals surface area (Å²) in [5.41, 5.74) is 0. The van der Waals surface area contributed by atoms with E-state index in [4.69, 9.17) is 5.11 Å². The van der Waals surface area contributed by atoms with Gasteiger partial charge in [-0.1, -0.05) is 0 Å². The number of carboxylic acids is 1. The normalized spacial score (nSPS) is 24.7. The lowest BCUT2D eigenvalue weighted by Crippen LogP contribution is -2.32. The average molecular weight is 254 g/mol. The van der Waals surface area contributed by atoms with Gasteiger partial charge in [-0.15, -0.1) is 0 Å². The van der Waals surface area contributed by atoms with Crippen molar-refractivity contribution >= 4 is 11.9 Å². The topological polar surface area (TPSA) is 60.9 Å². The van der Waals surface area contributed by atoms with Crippen LogP contribution in [0.5, 0.6) is 0 Å². The van der Waals surface area contributed by atoms with Gasteiger partial charge in [0.25, 0.3) is 0 Å². The van der Waals surface area contributed by atoms with Crippen LogP contribution in [-0.4, -0.2) is 59.5 Å². The lowest BCUT2D eigenvalue weighted by molar-refractivity contribution is -0.138. The third-order valence-corrected chi connectivity index (χ3v) is 3.94. The number of hydrogen-bond acceptors (Lipinski definition) is 3. The second-order valence-electron chi connectivity index (χ2n) is 5.39. The molecule has 5 heteroatoms. The number of rotatable bonds is 5. The number of hydrogen-bond donors (Lipinski definition) is 1. The van der Waals surface area contributed by atoms with E-state index in [-0.39, 0.29) is 18.2 Å². The summed E-state index contributed by atoms with van der Waals surface area (Å²) in [6.07, 6.45) is 4.11. The Morgan fingerprint density at radius 3 is 2.56 bits per heavy atom. The maximum atomic E-state index is 12.0. The lowest BCUT2D eigenvalue weighted by Gasteiger charge is -2.19. The Kier molecular flexibility index (Phi) is 4.58. The van der Waals surface area contributed by atoms with Gasteiger partial charge < -0.3 is 14.9 Å². The van der Waals surface area contributed by atoms with Crippen LogP contribution in [0.2, 0.25) is 0 Å². The van der Waals surface area contributed by atoms with Crippen LogP contribution in [0.1, 0.15) is 32.1 Å². The first-order chi connectivity index (χ1) is 8.65. The number of carbonyl (C=O) groups is 2. The number of nitrogens with zero attached hydrogens (tertiary/aromatic N) is 2. The quantitative estimate of drug-likeness (QED) is 0.788. The zero-order valence-corrected chi connectivity index (χ0v) is 10.8. The molecule has 2 heterocycles.